The first-order valence-electron chi connectivity index (χ1n) is 10.3. The summed E-state index contributed by atoms with van der Waals surface area (Å²) in [5.74, 6) is 0.143. The van der Waals surface area contributed by atoms with Crippen LogP contribution in [0.4, 0.5) is 5.13 Å². The Hall–Kier alpha value is -1.84. The van der Waals surface area contributed by atoms with Gasteiger partial charge in [0, 0.05) is 25.4 Å². The van der Waals surface area contributed by atoms with E-state index in [0.29, 0.717) is 41.9 Å². The van der Waals surface area contributed by atoms with Gasteiger partial charge in [0.05, 0.1) is 4.90 Å². The number of carbonyl (C=O) groups is 1. The van der Waals surface area contributed by atoms with Crippen LogP contribution in [0, 0.1) is 32.6 Å². The molecule has 0 radical (unpaired) electrons. The monoisotopic (exact) mass is 450 g/mol. The fourth-order valence-corrected chi connectivity index (χ4v) is 6.84. The van der Waals surface area contributed by atoms with E-state index in [0.717, 1.165) is 28.1 Å². The number of sulfonamides is 1. The minimum Gasteiger partial charge on any atom is -0.300 e. The van der Waals surface area contributed by atoms with Crippen LogP contribution < -0.4 is 5.32 Å². The molecule has 1 aromatic heterocycles. The Morgan fingerprint density at radius 2 is 1.77 bits per heavy atom. The van der Waals surface area contributed by atoms with Crippen molar-refractivity contribution >= 4 is 32.4 Å². The number of nitrogens with zero attached hydrogens (tertiary/aromatic N) is 3. The maximum Gasteiger partial charge on any atom is 0.243 e. The van der Waals surface area contributed by atoms with Crippen LogP contribution >= 0.6 is 11.3 Å². The van der Waals surface area contributed by atoms with Crippen LogP contribution in [0.1, 0.15) is 48.4 Å². The number of benzene rings is 1. The van der Waals surface area contributed by atoms with E-state index in [1.54, 1.807) is 0 Å². The van der Waals surface area contributed by atoms with Gasteiger partial charge in [-0.05, 0) is 50.7 Å². The van der Waals surface area contributed by atoms with Gasteiger partial charge in [0.1, 0.15) is 5.01 Å². The molecule has 0 aliphatic carbocycles. The Kier molecular flexibility index (Phi) is 6.94. The molecule has 30 heavy (non-hydrogen) atoms. The molecule has 0 atom stereocenters. The summed E-state index contributed by atoms with van der Waals surface area (Å²) in [5.41, 5.74) is 2.58. The lowest BCUT2D eigenvalue weighted by Crippen LogP contribution is -2.41. The average molecular weight is 451 g/mol. The second-order valence-electron chi connectivity index (χ2n) is 8.49. The summed E-state index contributed by atoms with van der Waals surface area (Å²) in [7, 11) is -3.58. The molecule has 164 valence electrons. The number of aromatic nitrogens is 2. The number of rotatable bonds is 6. The highest BCUT2D eigenvalue weighted by atomic mass is 32.2. The second kappa shape index (κ2) is 9.11. The average Bonchev–Trinajstić information content (AvgIpc) is 3.06. The molecular formula is C21H30N4O3S2. The van der Waals surface area contributed by atoms with Crippen molar-refractivity contribution in [2.24, 2.45) is 11.8 Å². The smallest absolute Gasteiger partial charge is 0.243 e. The lowest BCUT2D eigenvalue weighted by atomic mass is 9.97. The number of aryl methyl sites for hydroxylation is 3. The second-order valence-corrected chi connectivity index (χ2v) is 11.4. The summed E-state index contributed by atoms with van der Waals surface area (Å²) >= 11 is 1.40. The van der Waals surface area contributed by atoms with Gasteiger partial charge < -0.3 is 5.32 Å². The van der Waals surface area contributed by atoms with Gasteiger partial charge in [0.2, 0.25) is 21.1 Å². The largest absolute Gasteiger partial charge is 0.300 e. The number of nitrogens with one attached hydrogen (secondary N) is 1. The highest BCUT2D eigenvalue weighted by molar-refractivity contribution is 7.89. The molecule has 3 rings (SSSR count). The molecule has 9 heteroatoms. The lowest BCUT2D eigenvalue weighted by Gasteiger charge is -2.31. The minimum atomic E-state index is -3.58. The first kappa shape index (κ1) is 22.8. The predicted octanol–water partition coefficient (Wildman–Crippen LogP) is 3.70. The molecule has 1 aliphatic heterocycles. The van der Waals surface area contributed by atoms with Gasteiger partial charge in [-0.25, -0.2) is 8.42 Å². The van der Waals surface area contributed by atoms with E-state index in [4.69, 9.17) is 0 Å². The van der Waals surface area contributed by atoms with Gasteiger partial charge in [0.25, 0.3) is 0 Å². The van der Waals surface area contributed by atoms with E-state index in [-0.39, 0.29) is 11.8 Å². The zero-order valence-electron chi connectivity index (χ0n) is 18.2. The van der Waals surface area contributed by atoms with Gasteiger partial charge in [-0.2, -0.15) is 4.31 Å². The molecule has 1 fully saturated rings. The van der Waals surface area contributed by atoms with Crippen molar-refractivity contribution in [2.45, 2.75) is 58.8 Å². The number of amides is 1. The van der Waals surface area contributed by atoms with Crippen molar-refractivity contribution in [3.63, 3.8) is 0 Å². The standard InChI is InChI=1S/C21H30N4O3S2/c1-13(2)10-18-23-24-21(29-18)22-20(26)17-6-8-25(9-7-17)30(27,28)19-15(4)11-14(3)12-16(19)5/h11-13,17H,6-10H2,1-5H3,(H,22,24,26). The quantitative estimate of drug-likeness (QED) is 0.724. The molecule has 0 bridgehead atoms. The molecule has 1 amide bonds. The van der Waals surface area contributed by atoms with Gasteiger partial charge in [-0.15, -0.1) is 10.2 Å². The fraction of sp³-hybridized carbons (Fsp3) is 0.571. The predicted molar refractivity (Wildman–Crippen MR) is 119 cm³/mol. The third kappa shape index (κ3) is 5.07. The van der Waals surface area contributed by atoms with Crippen molar-refractivity contribution in [3.8, 4) is 0 Å². The fourth-order valence-electron chi connectivity index (χ4n) is 4.00. The van der Waals surface area contributed by atoms with Crippen molar-refractivity contribution < 1.29 is 13.2 Å². The van der Waals surface area contributed by atoms with E-state index in [1.165, 1.54) is 15.6 Å². The van der Waals surface area contributed by atoms with Crippen LogP contribution in [0.2, 0.25) is 0 Å². The van der Waals surface area contributed by atoms with Crippen LogP contribution in [0.25, 0.3) is 0 Å². The van der Waals surface area contributed by atoms with Crippen molar-refractivity contribution in [3.05, 3.63) is 33.8 Å². The van der Waals surface area contributed by atoms with E-state index in [2.05, 4.69) is 29.4 Å². The third-order valence-corrected chi connectivity index (χ3v) is 8.37. The highest BCUT2D eigenvalue weighted by Gasteiger charge is 2.34. The molecule has 1 aromatic carbocycles. The third-order valence-electron chi connectivity index (χ3n) is 5.31. The van der Waals surface area contributed by atoms with Gasteiger partial charge in [0.15, 0.2) is 0 Å². The minimum absolute atomic E-state index is 0.109. The number of hydrogen-bond acceptors (Lipinski definition) is 6. The normalized spacial score (nSPS) is 16.2. The van der Waals surface area contributed by atoms with E-state index >= 15 is 0 Å². The molecule has 2 aromatic rings. The van der Waals surface area contributed by atoms with E-state index in [1.807, 2.05) is 32.9 Å². The lowest BCUT2D eigenvalue weighted by molar-refractivity contribution is -0.120. The molecule has 1 saturated heterocycles. The molecule has 2 heterocycles. The van der Waals surface area contributed by atoms with Gasteiger partial charge >= 0.3 is 0 Å². The van der Waals surface area contributed by atoms with E-state index in [9.17, 15) is 13.2 Å². The summed E-state index contributed by atoms with van der Waals surface area (Å²) in [6, 6.07) is 3.80. The van der Waals surface area contributed by atoms with Crippen LogP contribution in [-0.2, 0) is 21.2 Å². The Labute approximate surface area is 183 Å². The number of carbonyl (C=O) groups excluding carboxylic acids is 1. The Morgan fingerprint density at radius 3 is 2.33 bits per heavy atom. The van der Waals surface area contributed by atoms with Crippen LogP contribution in [0.15, 0.2) is 17.0 Å². The number of anilines is 1. The van der Waals surface area contributed by atoms with Crippen LogP contribution in [0.3, 0.4) is 0 Å². The van der Waals surface area contributed by atoms with Crippen LogP contribution in [-0.4, -0.2) is 41.9 Å². The number of hydrogen-bond donors (Lipinski definition) is 1. The number of piperidine rings is 1. The van der Waals surface area contributed by atoms with Crippen molar-refractivity contribution in [2.75, 3.05) is 18.4 Å². The molecule has 7 nitrogen and oxygen atoms in total. The summed E-state index contributed by atoms with van der Waals surface area (Å²) in [6.45, 7) is 10.5. The van der Waals surface area contributed by atoms with Crippen LogP contribution in [0.5, 0.6) is 0 Å². The summed E-state index contributed by atoms with van der Waals surface area (Å²) < 4.78 is 27.9. The highest BCUT2D eigenvalue weighted by Crippen LogP contribution is 2.29. The Morgan fingerprint density at radius 1 is 1.17 bits per heavy atom. The van der Waals surface area contributed by atoms with Crippen molar-refractivity contribution in [1.29, 1.82) is 0 Å². The van der Waals surface area contributed by atoms with Gasteiger partial charge in [-0.1, -0.05) is 42.9 Å². The Balaban J connectivity index is 1.63. The zero-order valence-corrected chi connectivity index (χ0v) is 19.9. The summed E-state index contributed by atoms with van der Waals surface area (Å²) in [6.07, 6.45) is 1.82. The van der Waals surface area contributed by atoms with Gasteiger partial charge in [-0.3, -0.25) is 4.79 Å². The summed E-state index contributed by atoms with van der Waals surface area (Å²) in [5, 5.41) is 12.4. The molecule has 1 N–H and O–H groups in total. The first-order chi connectivity index (χ1) is 14.1. The SMILES string of the molecule is Cc1cc(C)c(S(=O)(=O)N2CCC(C(=O)Nc3nnc(CC(C)C)s3)CC2)c(C)c1. The zero-order chi connectivity index (χ0) is 22.1. The first-order valence-corrected chi connectivity index (χ1v) is 12.5. The molecule has 0 saturated carbocycles. The topological polar surface area (TPSA) is 92.3 Å². The van der Waals surface area contributed by atoms with Crippen molar-refractivity contribution in [1.82, 2.24) is 14.5 Å². The maximum atomic E-state index is 13.2. The maximum absolute atomic E-state index is 13.2. The molecule has 1 aliphatic rings. The molecular weight excluding hydrogens is 420 g/mol. The molecule has 0 spiro atoms. The summed E-state index contributed by atoms with van der Waals surface area (Å²) in [4.78, 5) is 13.0. The van der Waals surface area contributed by atoms with E-state index < -0.39 is 10.0 Å². The molecule has 0 unspecified atom stereocenters. The Bertz CT molecular complexity index is 1000.